The summed E-state index contributed by atoms with van der Waals surface area (Å²) in [6.45, 7) is 3.09. The third-order valence-corrected chi connectivity index (χ3v) is 6.17. The Hall–Kier alpha value is -3.32. The predicted molar refractivity (Wildman–Crippen MR) is 123 cm³/mol. The van der Waals surface area contributed by atoms with E-state index in [0.717, 1.165) is 16.9 Å². The SMILES string of the molecule is C[C@H](CN[C@H](c1ccccc1)[C@H]1CNc2cc(F)cnc2C1)c1cc(CC(=O)O)ccc1F. The second-order valence-corrected chi connectivity index (χ2v) is 8.62. The lowest BCUT2D eigenvalue weighted by Gasteiger charge is -2.33. The molecule has 0 fully saturated rings. The van der Waals surface area contributed by atoms with Crippen molar-refractivity contribution < 1.29 is 18.7 Å². The predicted octanol–water partition coefficient (Wildman–Crippen LogP) is 4.71. The van der Waals surface area contributed by atoms with Crippen LogP contribution in [0.3, 0.4) is 0 Å². The van der Waals surface area contributed by atoms with E-state index in [1.54, 1.807) is 6.07 Å². The number of nitrogens with one attached hydrogen (secondary N) is 2. The van der Waals surface area contributed by atoms with Gasteiger partial charge in [0.25, 0.3) is 0 Å². The average molecular weight is 452 g/mol. The lowest BCUT2D eigenvalue weighted by molar-refractivity contribution is -0.136. The summed E-state index contributed by atoms with van der Waals surface area (Å²) in [5.41, 5.74) is 3.75. The van der Waals surface area contributed by atoms with Crippen molar-refractivity contribution in [3.63, 3.8) is 0 Å². The highest BCUT2D eigenvalue weighted by Gasteiger charge is 2.29. The van der Waals surface area contributed by atoms with Gasteiger partial charge in [-0.05, 0) is 35.1 Å². The summed E-state index contributed by atoms with van der Waals surface area (Å²) in [6, 6.07) is 16.0. The topological polar surface area (TPSA) is 74.2 Å². The van der Waals surface area contributed by atoms with Crippen LogP contribution in [-0.2, 0) is 17.6 Å². The second kappa shape index (κ2) is 10.1. The number of aliphatic carboxylic acids is 1. The van der Waals surface area contributed by atoms with Gasteiger partial charge in [0.05, 0.1) is 24.0 Å². The molecule has 4 rings (SSSR count). The monoisotopic (exact) mass is 451 g/mol. The lowest BCUT2D eigenvalue weighted by atomic mass is 9.86. The van der Waals surface area contributed by atoms with Crippen molar-refractivity contribution in [1.82, 2.24) is 10.3 Å². The summed E-state index contributed by atoms with van der Waals surface area (Å²) in [6.07, 6.45) is 1.79. The van der Waals surface area contributed by atoms with E-state index in [9.17, 15) is 13.6 Å². The van der Waals surface area contributed by atoms with Gasteiger partial charge in [0.1, 0.15) is 11.6 Å². The minimum Gasteiger partial charge on any atom is -0.481 e. The second-order valence-electron chi connectivity index (χ2n) is 8.62. The van der Waals surface area contributed by atoms with Gasteiger partial charge in [0.15, 0.2) is 0 Å². The van der Waals surface area contributed by atoms with Gasteiger partial charge in [0.2, 0.25) is 0 Å². The van der Waals surface area contributed by atoms with Crippen molar-refractivity contribution in [3.8, 4) is 0 Å². The fourth-order valence-electron chi connectivity index (χ4n) is 4.47. The highest BCUT2D eigenvalue weighted by molar-refractivity contribution is 5.70. The van der Waals surface area contributed by atoms with Gasteiger partial charge in [0, 0.05) is 31.1 Å². The molecule has 0 radical (unpaired) electrons. The zero-order valence-electron chi connectivity index (χ0n) is 18.4. The van der Waals surface area contributed by atoms with Crippen LogP contribution in [0.15, 0.2) is 60.8 Å². The zero-order valence-corrected chi connectivity index (χ0v) is 18.4. The van der Waals surface area contributed by atoms with E-state index in [0.29, 0.717) is 30.6 Å². The number of fused-ring (bicyclic) bond motifs is 1. The molecule has 0 saturated heterocycles. The van der Waals surface area contributed by atoms with E-state index in [1.165, 1.54) is 24.4 Å². The van der Waals surface area contributed by atoms with Crippen molar-refractivity contribution in [1.29, 1.82) is 0 Å². The number of carboxylic acid groups (broad SMARTS) is 1. The van der Waals surface area contributed by atoms with E-state index in [4.69, 9.17) is 5.11 Å². The number of halogens is 2. The number of anilines is 1. The molecular formula is C26H27F2N3O2. The van der Waals surface area contributed by atoms with E-state index in [1.807, 2.05) is 25.1 Å². The number of carbonyl (C=O) groups is 1. The van der Waals surface area contributed by atoms with Crippen molar-refractivity contribution >= 4 is 11.7 Å². The Balaban J connectivity index is 1.52. The molecule has 1 aliphatic rings. The first kappa shape index (κ1) is 22.9. The fourth-order valence-corrected chi connectivity index (χ4v) is 4.47. The molecule has 172 valence electrons. The third kappa shape index (κ3) is 5.54. The first-order valence-electron chi connectivity index (χ1n) is 11.1. The van der Waals surface area contributed by atoms with Gasteiger partial charge in [-0.2, -0.15) is 0 Å². The normalized spacial score (nSPS) is 17.0. The van der Waals surface area contributed by atoms with Gasteiger partial charge < -0.3 is 15.7 Å². The molecule has 0 amide bonds. The molecule has 2 aromatic carbocycles. The van der Waals surface area contributed by atoms with Crippen LogP contribution in [0.25, 0.3) is 0 Å². The quantitative estimate of drug-likeness (QED) is 0.463. The highest BCUT2D eigenvalue weighted by Crippen LogP contribution is 2.32. The van der Waals surface area contributed by atoms with E-state index in [-0.39, 0.29) is 35.9 Å². The standard InChI is InChI=1S/C26H27F2N3O2/c1-16(21-9-17(10-25(32)33)7-8-22(21)28)13-31-26(18-5-3-2-4-6-18)19-11-23-24(29-14-19)12-20(27)15-30-23/h2-9,12,15-16,19,26,29,31H,10-11,13-14H2,1H3,(H,32,33)/t16-,19-,26-/m1/s1. The summed E-state index contributed by atoms with van der Waals surface area (Å²) in [4.78, 5) is 15.3. The van der Waals surface area contributed by atoms with Crippen LogP contribution in [-0.4, -0.2) is 29.1 Å². The Morgan fingerprint density at radius 1 is 1.21 bits per heavy atom. The van der Waals surface area contributed by atoms with E-state index in [2.05, 4.69) is 27.8 Å². The summed E-state index contributed by atoms with van der Waals surface area (Å²) in [5, 5.41) is 16.0. The van der Waals surface area contributed by atoms with Crippen LogP contribution >= 0.6 is 0 Å². The first-order chi connectivity index (χ1) is 15.9. The molecule has 2 heterocycles. The van der Waals surface area contributed by atoms with E-state index < -0.39 is 5.97 Å². The number of benzene rings is 2. The van der Waals surface area contributed by atoms with E-state index >= 15 is 0 Å². The van der Waals surface area contributed by atoms with Gasteiger partial charge >= 0.3 is 5.97 Å². The number of nitrogens with zero attached hydrogens (tertiary/aromatic N) is 1. The molecule has 33 heavy (non-hydrogen) atoms. The molecule has 0 aliphatic carbocycles. The van der Waals surface area contributed by atoms with Crippen molar-refractivity contribution in [2.75, 3.05) is 18.4 Å². The van der Waals surface area contributed by atoms with Gasteiger partial charge in [-0.15, -0.1) is 0 Å². The molecule has 5 nitrogen and oxygen atoms in total. The Kier molecular flexibility index (Phi) is 6.99. The molecule has 3 N–H and O–H groups in total. The van der Waals surface area contributed by atoms with Crippen molar-refractivity contribution in [2.45, 2.75) is 31.7 Å². The summed E-state index contributed by atoms with van der Waals surface area (Å²) in [5.74, 6) is -1.65. The number of carboxylic acids is 1. The third-order valence-electron chi connectivity index (χ3n) is 6.17. The molecule has 1 aliphatic heterocycles. The maximum atomic E-state index is 14.5. The molecule has 0 spiro atoms. The van der Waals surface area contributed by atoms with Gasteiger partial charge in [-0.3, -0.25) is 9.78 Å². The zero-order chi connectivity index (χ0) is 23.4. The number of hydrogen-bond donors (Lipinski definition) is 3. The Bertz CT molecular complexity index is 1120. The largest absolute Gasteiger partial charge is 0.481 e. The minimum atomic E-state index is -0.943. The lowest BCUT2D eigenvalue weighted by Crippen LogP contribution is -2.38. The maximum absolute atomic E-state index is 14.5. The van der Waals surface area contributed by atoms with Gasteiger partial charge in [-0.25, -0.2) is 8.78 Å². The molecular weight excluding hydrogens is 424 g/mol. The highest BCUT2D eigenvalue weighted by atomic mass is 19.1. The molecule has 0 saturated carbocycles. The van der Waals surface area contributed by atoms with Crippen LogP contribution in [0.5, 0.6) is 0 Å². The molecule has 3 aromatic rings. The minimum absolute atomic E-state index is 0.0218. The number of pyridine rings is 1. The molecule has 0 unspecified atom stereocenters. The van der Waals surface area contributed by atoms with Gasteiger partial charge in [-0.1, -0.05) is 49.4 Å². The summed E-state index contributed by atoms with van der Waals surface area (Å²) < 4.78 is 28.1. The molecule has 7 heteroatoms. The average Bonchev–Trinajstić information content (AvgIpc) is 2.80. The van der Waals surface area contributed by atoms with Crippen LogP contribution in [0, 0.1) is 17.6 Å². The Morgan fingerprint density at radius 2 is 2.00 bits per heavy atom. The number of hydrogen-bond acceptors (Lipinski definition) is 4. The van der Waals surface area contributed by atoms with Crippen molar-refractivity contribution in [3.05, 3.63) is 94.8 Å². The van der Waals surface area contributed by atoms with Crippen LogP contribution < -0.4 is 10.6 Å². The number of aromatic nitrogens is 1. The summed E-state index contributed by atoms with van der Waals surface area (Å²) >= 11 is 0. The number of rotatable bonds is 8. The smallest absolute Gasteiger partial charge is 0.307 e. The van der Waals surface area contributed by atoms with Crippen LogP contribution in [0.2, 0.25) is 0 Å². The fraction of sp³-hybridized carbons (Fsp3) is 0.308. The van der Waals surface area contributed by atoms with Crippen LogP contribution in [0.1, 0.15) is 41.3 Å². The molecule has 1 aromatic heterocycles. The van der Waals surface area contributed by atoms with Crippen LogP contribution in [0.4, 0.5) is 14.5 Å². The maximum Gasteiger partial charge on any atom is 0.307 e. The molecule has 0 bridgehead atoms. The van der Waals surface area contributed by atoms with Crippen molar-refractivity contribution in [2.24, 2.45) is 5.92 Å². The molecule has 3 atom stereocenters. The Morgan fingerprint density at radius 3 is 2.76 bits per heavy atom. The summed E-state index contributed by atoms with van der Waals surface area (Å²) in [7, 11) is 0. The Labute approximate surface area is 191 Å². The first-order valence-corrected chi connectivity index (χ1v) is 11.1.